The van der Waals surface area contributed by atoms with E-state index in [2.05, 4.69) is 10.6 Å². The molecule has 0 radical (unpaired) electrons. The zero-order chi connectivity index (χ0) is 15.1. The minimum Gasteiger partial charge on any atom is -0.496 e. The molecule has 0 saturated carbocycles. The molecule has 1 aromatic rings. The van der Waals surface area contributed by atoms with E-state index in [4.69, 9.17) is 4.74 Å². The largest absolute Gasteiger partial charge is 0.496 e. The summed E-state index contributed by atoms with van der Waals surface area (Å²) in [6.07, 6.45) is 0.850. The van der Waals surface area contributed by atoms with Gasteiger partial charge in [-0.15, -0.1) is 0 Å². The Hall–Kier alpha value is -2.31. The second kappa shape index (κ2) is 7.32. The van der Waals surface area contributed by atoms with Gasteiger partial charge in [-0.2, -0.15) is 0 Å². The van der Waals surface area contributed by atoms with E-state index in [-0.39, 0.29) is 11.6 Å². The molecule has 7 nitrogen and oxygen atoms in total. The third kappa shape index (κ3) is 4.42. The summed E-state index contributed by atoms with van der Waals surface area (Å²) in [7, 11) is 1.43. The van der Waals surface area contributed by atoms with Gasteiger partial charge in [-0.3, -0.25) is 14.9 Å². The number of benzene rings is 1. The minimum absolute atomic E-state index is 0.0898. The van der Waals surface area contributed by atoms with Gasteiger partial charge in [0.1, 0.15) is 11.8 Å². The first kappa shape index (κ1) is 15.7. The van der Waals surface area contributed by atoms with Gasteiger partial charge >= 0.3 is 0 Å². The zero-order valence-electron chi connectivity index (χ0n) is 11.8. The summed E-state index contributed by atoms with van der Waals surface area (Å²) < 4.78 is 5.01. The molecular formula is C13H19N3O4. The molecule has 0 aromatic heterocycles. The van der Waals surface area contributed by atoms with E-state index in [0.717, 1.165) is 6.42 Å². The van der Waals surface area contributed by atoms with Gasteiger partial charge in [0.05, 0.1) is 18.1 Å². The van der Waals surface area contributed by atoms with Crippen LogP contribution in [0.5, 0.6) is 5.75 Å². The van der Waals surface area contributed by atoms with Gasteiger partial charge < -0.3 is 15.4 Å². The molecule has 7 heteroatoms. The molecule has 0 aliphatic carbocycles. The predicted molar refractivity (Wildman–Crippen MR) is 76.0 cm³/mol. The fourth-order valence-electron chi connectivity index (χ4n) is 1.61. The second-order valence-electron chi connectivity index (χ2n) is 4.33. The van der Waals surface area contributed by atoms with Crippen LogP contribution in [0.1, 0.15) is 20.3 Å². The Bertz CT molecular complexity index is 491. The SMILES string of the molecule is CCCNC(=O)C(C)Nc1cc(OC)cc([N+](=O)[O-])c1. The van der Waals surface area contributed by atoms with Crippen molar-refractivity contribution in [1.29, 1.82) is 0 Å². The van der Waals surface area contributed by atoms with Crippen LogP contribution in [0, 0.1) is 10.1 Å². The van der Waals surface area contributed by atoms with Crippen molar-refractivity contribution < 1.29 is 14.5 Å². The lowest BCUT2D eigenvalue weighted by atomic mass is 10.2. The highest BCUT2D eigenvalue weighted by atomic mass is 16.6. The van der Waals surface area contributed by atoms with Crippen LogP contribution in [0.3, 0.4) is 0 Å². The van der Waals surface area contributed by atoms with Crippen LogP contribution in [0.4, 0.5) is 11.4 Å². The van der Waals surface area contributed by atoms with E-state index in [1.165, 1.54) is 19.2 Å². The molecule has 0 saturated heterocycles. The van der Waals surface area contributed by atoms with Gasteiger partial charge in [-0.25, -0.2) is 0 Å². The number of methoxy groups -OCH3 is 1. The van der Waals surface area contributed by atoms with Gasteiger partial charge in [0, 0.05) is 24.4 Å². The first-order valence-electron chi connectivity index (χ1n) is 6.35. The average Bonchev–Trinajstić information content (AvgIpc) is 2.43. The third-order valence-corrected chi connectivity index (χ3v) is 2.66. The second-order valence-corrected chi connectivity index (χ2v) is 4.33. The number of hydrogen-bond acceptors (Lipinski definition) is 5. The molecule has 1 atom stereocenters. The molecule has 20 heavy (non-hydrogen) atoms. The summed E-state index contributed by atoms with van der Waals surface area (Å²) in [5.74, 6) is 0.209. The summed E-state index contributed by atoms with van der Waals surface area (Å²) in [4.78, 5) is 22.1. The van der Waals surface area contributed by atoms with Crippen LogP contribution >= 0.6 is 0 Å². The van der Waals surface area contributed by atoms with Crippen LogP contribution in [-0.2, 0) is 4.79 Å². The lowest BCUT2D eigenvalue weighted by Crippen LogP contribution is -2.37. The third-order valence-electron chi connectivity index (χ3n) is 2.66. The maximum Gasteiger partial charge on any atom is 0.275 e. The number of amides is 1. The smallest absolute Gasteiger partial charge is 0.275 e. The van der Waals surface area contributed by atoms with Gasteiger partial charge in [-0.05, 0) is 13.3 Å². The van der Waals surface area contributed by atoms with Crippen LogP contribution in [0.15, 0.2) is 18.2 Å². The quantitative estimate of drug-likeness (QED) is 0.588. The lowest BCUT2D eigenvalue weighted by Gasteiger charge is -2.15. The van der Waals surface area contributed by atoms with E-state index in [1.807, 2.05) is 6.92 Å². The van der Waals surface area contributed by atoms with Crippen molar-refractivity contribution in [3.05, 3.63) is 28.3 Å². The molecule has 110 valence electrons. The van der Waals surface area contributed by atoms with E-state index >= 15 is 0 Å². The number of nitro benzene ring substituents is 1. The molecule has 0 bridgehead atoms. The minimum atomic E-state index is -0.504. The van der Waals surface area contributed by atoms with Crippen molar-refractivity contribution >= 4 is 17.3 Å². The molecule has 1 amide bonds. The Morgan fingerprint density at radius 2 is 2.15 bits per heavy atom. The monoisotopic (exact) mass is 281 g/mol. The van der Waals surface area contributed by atoms with Crippen molar-refractivity contribution in [1.82, 2.24) is 5.32 Å². The molecule has 0 heterocycles. The van der Waals surface area contributed by atoms with Gasteiger partial charge in [0.2, 0.25) is 5.91 Å². The molecular weight excluding hydrogens is 262 g/mol. The Balaban J connectivity index is 2.83. The number of anilines is 1. The molecule has 1 unspecified atom stereocenters. The average molecular weight is 281 g/mol. The topological polar surface area (TPSA) is 93.5 Å². The Labute approximate surface area is 117 Å². The van der Waals surface area contributed by atoms with Crippen LogP contribution in [0.25, 0.3) is 0 Å². The molecule has 0 aliphatic heterocycles. The van der Waals surface area contributed by atoms with Gasteiger partial charge in [0.15, 0.2) is 0 Å². The van der Waals surface area contributed by atoms with Crippen molar-refractivity contribution in [2.24, 2.45) is 0 Å². The van der Waals surface area contributed by atoms with Crippen LogP contribution < -0.4 is 15.4 Å². The number of hydrogen-bond donors (Lipinski definition) is 2. The number of rotatable bonds is 7. The molecule has 0 fully saturated rings. The molecule has 1 aromatic carbocycles. The van der Waals surface area contributed by atoms with Gasteiger partial charge in [-0.1, -0.05) is 6.92 Å². The summed E-state index contributed by atoms with van der Waals surface area (Å²) in [5.41, 5.74) is 0.378. The fraction of sp³-hybridized carbons (Fsp3) is 0.462. The van der Waals surface area contributed by atoms with Crippen molar-refractivity contribution in [2.75, 3.05) is 19.0 Å². The van der Waals surface area contributed by atoms with Crippen molar-refractivity contribution in [3.8, 4) is 5.75 Å². The molecule has 1 rings (SSSR count). The summed E-state index contributed by atoms with van der Waals surface area (Å²) >= 11 is 0. The number of nitrogens with zero attached hydrogens (tertiary/aromatic N) is 1. The number of nitro groups is 1. The Kier molecular flexibility index (Phi) is 5.76. The zero-order valence-corrected chi connectivity index (χ0v) is 11.8. The maximum atomic E-state index is 11.7. The molecule has 0 aliphatic rings. The Morgan fingerprint density at radius 1 is 1.45 bits per heavy atom. The predicted octanol–water partition coefficient (Wildman–Crippen LogP) is 1.93. The first-order valence-corrected chi connectivity index (χ1v) is 6.35. The first-order chi connectivity index (χ1) is 9.47. The van der Waals surface area contributed by atoms with E-state index < -0.39 is 11.0 Å². The van der Waals surface area contributed by atoms with Gasteiger partial charge in [0.25, 0.3) is 5.69 Å². The normalized spacial score (nSPS) is 11.6. The number of nitrogens with one attached hydrogen (secondary N) is 2. The van der Waals surface area contributed by atoms with E-state index in [9.17, 15) is 14.9 Å². The number of carbonyl (C=O) groups is 1. The van der Waals surface area contributed by atoms with Crippen molar-refractivity contribution in [3.63, 3.8) is 0 Å². The lowest BCUT2D eigenvalue weighted by molar-refractivity contribution is -0.384. The summed E-state index contributed by atoms with van der Waals surface area (Å²) in [6.45, 7) is 4.25. The highest BCUT2D eigenvalue weighted by Gasteiger charge is 2.15. The van der Waals surface area contributed by atoms with E-state index in [1.54, 1.807) is 13.0 Å². The standard InChI is InChI=1S/C13H19N3O4/c1-4-5-14-13(17)9(2)15-10-6-11(16(18)19)8-12(7-10)20-3/h6-9,15H,4-5H2,1-3H3,(H,14,17). The summed E-state index contributed by atoms with van der Waals surface area (Å²) in [5, 5.41) is 16.5. The Morgan fingerprint density at radius 3 is 2.70 bits per heavy atom. The number of non-ortho nitro benzene ring substituents is 1. The highest BCUT2D eigenvalue weighted by Crippen LogP contribution is 2.26. The van der Waals surface area contributed by atoms with Crippen molar-refractivity contribution in [2.45, 2.75) is 26.3 Å². The molecule has 2 N–H and O–H groups in total. The molecule has 0 spiro atoms. The summed E-state index contributed by atoms with van der Waals surface area (Å²) in [6, 6.07) is 3.81. The van der Waals surface area contributed by atoms with E-state index in [0.29, 0.717) is 18.0 Å². The fourth-order valence-corrected chi connectivity index (χ4v) is 1.61. The highest BCUT2D eigenvalue weighted by molar-refractivity contribution is 5.84. The number of ether oxygens (including phenoxy) is 1. The van der Waals surface area contributed by atoms with Crippen LogP contribution in [-0.4, -0.2) is 30.5 Å². The number of carbonyl (C=O) groups excluding carboxylic acids is 1. The van der Waals surface area contributed by atoms with Crippen LogP contribution in [0.2, 0.25) is 0 Å². The maximum absolute atomic E-state index is 11.7.